The molecule has 0 saturated heterocycles. The van der Waals surface area contributed by atoms with Crippen LogP contribution in [-0.4, -0.2) is 33.8 Å². The summed E-state index contributed by atoms with van der Waals surface area (Å²) in [6, 6.07) is 67.0. The molecule has 0 bridgehead atoms. The minimum Gasteiger partial charge on any atom is -0.458 e. The number of hydrogen-bond donors (Lipinski definition) is 0. The predicted octanol–water partition coefficient (Wildman–Crippen LogP) is 7.78. The van der Waals surface area contributed by atoms with Gasteiger partial charge >= 0.3 is 0 Å². The molecule has 0 radical (unpaired) electrons. The Morgan fingerprint density at radius 3 is 0.855 bits per heavy atom. The van der Waals surface area contributed by atoms with E-state index in [0.717, 1.165) is 51.6 Å². The summed E-state index contributed by atoms with van der Waals surface area (Å²) in [4.78, 5) is 0. The summed E-state index contributed by atoms with van der Waals surface area (Å²) in [6.45, 7) is 0.0163. The summed E-state index contributed by atoms with van der Waals surface area (Å²) in [6.07, 6.45) is 0. The van der Waals surface area contributed by atoms with E-state index in [1.54, 1.807) is 0 Å². The Bertz CT molecular complexity index is 4200. The molecule has 10 aromatic carbocycles. The molecule has 312 valence electrons. The van der Waals surface area contributed by atoms with Crippen molar-refractivity contribution >= 4 is 135 Å². The molecule has 19 rings (SSSR count). The van der Waals surface area contributed by atoms with Gasteiger partial charge in [0.05, 0.1) is 16.6 Å². The van der Waals surface area contributed by atoms with E-state index in [4.69, 9.17) is 14.2 Å². The van der Waals surface area contributed by atoms with Crippen molar-refractivity contribution in [3.8, 4) is 51.6 Å². The summed E-state index contributed by atoms with van der Waals surface area (Å²) in [5, 5.41) is 7.50. The maximum absolute atomic E-state index is 6.86. The van der Waals surface area contributed by atoms with E-state index in [1.807, 2.05) is 0 Å². The van der Waals surface area contributed by atoms with E-state index in [1.165, 1.54) is 115 Å². The molecule has 6 nitrogen and oxygen atoms in total. The van der Waals surface area contributed by atoms with Gasteiger partial charge in [0.15, 0.2) is 0 Å². The van der Waals surface area contributed by atoms with Gasteiger partial charge in [-0.3, -0.25) is 0 Å². The number of para-hydroxylation sites is 6. The molecule has 3 aromatic heterocycles. The highest BCUT2D eigenvalue weighted by atomic mass is 16.5. The molecule has 6 aliphatic heterocycles. The first-order valence-electron chi connectivity index (χ1n) is 24.0. The average molecular weight is 873 g/mol. The van der Waals surface area contributed by atoms with Crippen LogP contribution in [0.2, 0.25) is 0 Å². The van der Waals surface area contributed by atoms with Gasteiger partial charge in [-0.1, -0.05) is 127 Å². The number of rotatable bonds is 0. The van der Waals surface area contributed by atoms with Gasteiger partial charge in [-0.25, -0.2) is 0 Å². The lowest BCUT2D eigenvalue weighted by Crippen LogP contribution is -2.58. The Morgan fingerprint density at radius 1 is 0.246 bits per heavy atom. The van der Waals surface area contributed by atoms with Crippen LogP contribution in [0.5, 0.6) is 34.5 Å². The van der Waals surface area contributed by atoms with Crippen LogP contribution in [0.3, 0.4) is 0 Å². The standard InChI is InChI=1S/C60H30B3N3O3/c1-4-25-43-34(16-1)61-37-19-7-13-31-49-58(64(55(31)37)40-22-10-28-46(67-43)52(40)61)50-32-14-8-20-38-56(32)66(42-24-12-30-48-54(42)62(38)35-17-2-5-26-44(35)69-48)60(50)51-33-15-9-21-39-57(33)65(59(49)51)41-23-11-29-47-53(41)63(39)36-18-3-6-27-45(36)68-47/h1-30H. The molecular weight excluding hydrogens is 843 g/mol. The third-order valence-corrected chi connectivity index (χ3v) is 16.8. The van der Waals surface area contributed by atoms with Crippen LogP contribution in [0.15, 0.2) is 182 Å². The zero-order valence-electron chi connectivity index (χ0n) is 36.6. The van der Waals surface area contributed by atoms with Crippen LogP contribution in [0, 0.1) is 0 Å². The first kappa shape index (κ1) is 34.5. The largest absolute Gasteiger partial charge is 0.458 e. The maximum atomic E-state index is 6.86. The SMILES string of the molecule is c1ccc2c(c1)Oc1cccc3c1B2c1cccc2c4c(c5c6cccc7c6n(c5c5c6cccc8c6n(c45)-c4cccc5c4B8c4ccccc4O5)-c4cccc5c4B7c4ccccc4O5)n-3c12. The molecule has 0 atom stereocenters. The predicted molar refractivity (Wildman–Crippen MR) is 283 cm³/mol. The smallest absolute Gasteiger partial charge is 0.256 e. The minimum absolute atomic E-state index is 0.00543. The lowest BCUT2D eigenvalue weighted by molar-refractivity contribution is 0.487. The van der Waals surface area contributed by atoms with Crippen LogP contribution in [0.1, 0.15) is 0 Å². The van der Waals surface area contributed by atoms with Crippen LogP contribution in [-0.2, 0) is 0 Å². The summed E-state index contributed by atoms with van der Waals surface area (Å²) >= 11 is 0. The van der Waals surface area contributed by atoms with Gasteiger partial charge in [0.25, 0.3) is 20.1 Å². The van der Waals surface area contributed by atoms with Crippen LogP contribution >= 0.6 is 0 Å². The second-order valence-electron chi connectivity index (χ2n) is 19.7. The normalized spacial score (nSPS) is 14.3. The Kier molecular flexibility index (Phi) is 5.74. The van der Waals surface area contributed by atoms with Crippen LogP contribution in [0.25, 0.3) is 82.5 Å². The summed E-state index contributed by atoms with van der Waals surface area (Å²) in [7, 11) is 0. The molecule has 0 aliphatic carbocycles. The molecule has 6 aliphatic rings. The first-order chi connectivity index (χ1) is 34.3. The molecule has 0 spiro atoms. The van der Waals surface area contributed by atoms with E-state index in [0.29, 0.717) is 0 Å². The van der Waals surface area contributed by atoms with Gasteiger partial charge < -0.3 is 27.9 Å². The lowest BCUT2D eigenvalue weighted by atomic mass is 9.34. The van der Waals surface area contributed by atoms with E-state index in [-0.39, 0.29) is 20.1 Å². The monoisotopic (exact) mass is 873 g/mol. The zero-order chi connectivity index (χ0) is 44.1. The third kappa shape index (κ3) is 3.72. The molecule has 0 unspecified atom stereocenters. The number of hydrogen-bond acceptors (Lipinski definition) is 3. The van der Waals surface area contributed by atoms with E-state index < -0.39 is 0 Å². The Morgan fingerprint density at radius 2 is 0.522 bits per heavy atom. The fraction of sp³-hybridized carbons (Fsp3) is 0. The molecule has 0 fully saturated rings. The number of nitrogens with zero attached hydrogens (tertiary/aromatic N) is 3. The quantitative estimate of drug-likeness (QED) is 0.146. The second-order valence-corrected chi connectivity index (χ2v) is 19.7. The van der Waals surface area contributed by atoms with Gasteiger partial charge in [-0.2, -0.15) is 0 Å². The topological polar surface area (TPSA) is 42.5 Å². The Hall–Kier alpha value is -8.81. The highest BCUT2D eigenvalue weighted by molar-refractivity contribution is 7.01. The van der Waals surface area contributed by atoms with Gasteiger partial charge in [0, 0.05) is 65.9 Å². The van der Waals surface area contributed by atoms with Crippen molar-refractivity contribution in [3.05, 3.63) is 182 Å². The highest BCUT2D eigenvalue weighted by Gasteiger charge is 2.46. The van der Waals surface area contributed by atoms with Gasteiger partial charge in [0.1, 0.15) is 34.5 Å². The zero-order valence-corrected chi connectivity index (χ0v) is 36.6. The molecule has 0 N–H and O–H groups in total. The van der Waals surface area contributed by atoms with Crippen LogP contribution < -0.4 is 63.4 Å². The molecule has 9 heteroatoms. The molecular formula is C60H30B3N3O3. The number of benzene rings is 10. The molecule has 9 heterocycles. The number of fused-ring (bicyclic) bond motifs is 24. The van der Waals surface area contributed by atoms with Crippen molar-refractivity contribution in [2.75, 3.05) is 0 Å². The van der Waals surface area contributed by atoms with Crippen molar-refractivity contribution in [1.29, 1.82) is 0 Å². The number of aromatic nitrogens is 3. The second kappa shape index (κ2) is 11.5. The first-order valence-corrected chi connectivity index (χ1v) is 24.0. The van der Waals surface area contributed by atoms with E-state index in [9.17, 15) is 0 Å². The Labute approximate surface area is 394 Å². The van der Waals surface area contributed by atoms with E-state index >= 15 is 0 Å². The fourth-order valence-corrected chi connectivity index (χ4v) is 14.5. The Balaban J connectivity index is 1.11. The van der Waals surface area contributed by atoms with Gasteiger partial charge in [-0.05, 0) is 104 Å². The molecule has 0 amide bonds. The summed E-state index contributed by atoms with van der Waals surface area (Å²) in [5.41, 5.74) is 22.0. The summed E-state index contributed by atoms with van der Waals surface area (Å²) in [5.74, 6) is 5.51. The molecule has 69 heavy (non-hydrogen) atoms. The van der Waals surface area contributed by atoms with Gasteiger partial charge in [0.2, 0.25) is 0 Å². The van der Waals surface area contributed by atoms with Crippen molar-refractivity contribution in [2.45, 2.75) is 0 Å². The summed E-state index contributed by atoms with van der Waals surface area (Å²) < 4.78 is 28.5. The van der Waals surface area contributed by atoms with Crippen molar-refractivity contribution in [2.24, 2.45) is 0 Å². The molecule has 0 saturated carbocycles. The van der Waals surface area contributed by atoms with Crippen molar-refractivity contribution in [3.63, 3.8) is 0 Å². The molecule has 13 aromatic rings. The maximum Gasteiger partial charge on any atom is 0.256 e. The van der Waals surface area contributed by atoms with E-state index in [2.05, 4.69) is 196 Å². The highest BCUT2D eigenvalue weighted by Crippen LogP contribution is 2.52. The van der Waals surface area contributed by atoms with Crippen LogP contribution in [0.4, 0.5) is 0 Å². The minimum atomic E-state index is 0.00543. The van der Waals surface area contributed by atoms with Crippen molar-refractivity contribution < 1.29 is 14.2 Å². The third-order valence-electron chi connectivity index (χ3n) is 16.8. The van der Waals surface area contributed by atoms with Gasteiger partial charge in [-0.15, -0.1) is 0 Å². The fourth-order valence-electron chi connectivity index (χ4n) is 14.5. The lowest BCUT2D eigenvalue weighted by Gasteiger charge is -2.33. The average Bonchev–Trinajstić information content (AvgIpc) is 4.05. The number of ether oxygens (including phenoxy) is 3. The van der Waals surface area contributed by atoms with Crippen molar-refractivity contribution in [1.82, 2.24) is 13.7 Å².